The molecule has 1 N–H and O–H groups in total. The maximum atomic E-state index is 13.5. The fraction of sp³-hybridized carbons (Fsp3) is 0.0833. The summed E-state index contributed by atoms with van der Waals surface area (Å²) in [5, 5.41) is 18.8. The zero-order valence-corrected chi connectivity index (χ0v) is 18.9. The van der Waals surface area contributed by atoms with Gasteiger partial charge in [0.15, 0.2) is 0 Å². The molecule has 0 saturated carbocycles. The number of nitrogens with zero attached hydrogens (tertiary/aromatic N) is 3. The number of methoxy groups -OCH3 is 1. The average molecular weight is 505 g/mol. The Bertz CT molecular complexity index is 1370. The molecule has 2 heterocycles. The number of nitro benzene ring substituents is 1. The number of hydrogen-bond donors (Lipinski definition) is 1. The summed E-state index contributed by atoms with van der Waals surface area (Å²) < 4.78 is 6.13. The van der Waals surface area contributed by atoms with Gasteiger partial charge in [0.05, 0.1) is 23.8 Å². The minimum atomic E-state index is -0.593. The minimum Gasteiger partial charge on any atom is -0.497 e. The Morgan fingerprint density at radius 3 is 2.48 bits per heavy atom. The molecule has 0 fully saturated rings. The smallest absolute Gasteiger partial charge is 0.277 e. The number of rotatable bonds is 5. The number of nitro groups is 1. The number of nitrogens with one attached hydrogen (secondary N) is 1. The van der Waals surface area contributed by atoms with E-state index in [9.17, 15) is 14.9 Å². The van der Waals surface area contributed by atoms with Crippen LogP contribution in [0.25, 0.3) is 11.3 Å². The number of amides is 1. The molecule has 1 amide bonds. The Kier molecular flexibility index (Phi) is 5.18. The summed E-state index contributed by atoms with van der Waals surface area (Å²) >= 11 is 3.42. The summed E-state index contributed by atoms with van der Waals surface area (Å²) in [5.74, 6) is 0.449. The van der Waals surface area contributed by atoms with Gasteiger partial charge >= 0.3 is 0 Å². The van der Waals surface area contributed by atoms with Crippen LogP contribution in [0.3, 0.4) is 0 Å². The van der Waals surface area contributed by atoms with E-state index in [1.54, 1.807) is 24.1 Å². The predicted molar refractivity (Wildman–Crippen MR) is 126 cm³/mol. The molecule has 4 aromatic rings. The first kappa shape index (κ1) is 20.9. The van der Waals surface area contributed by atoms with Gasteiger partial charge in [-0.2, -0.15) is 5.10 Å². The van der Waals surface area contributed by atoms with Crippen LogP contribution in [0.2, 0.25) is 0 Å². The van der Waals surface area contributed by atoms with Crippen molar-refractivity contribution in [2.24, 2.45) is 0 Å². The third-order valence-electron chi connectivity index (χ3n) is 5.63. The zero-order valence-electron chi connectivity index (χ0n) is 17.4. The van der Waals surface area contributed by atoms with Crippen LogP contribution in [0.15, 0.2) is 77.3 Å². The minimum absolute atomic E-state index is 0.0429. The lowest BCUT2D eigenvalue weighted by molar-refractivity contribution is -0.384. The van der Waals surface area contributed by atoms with E-state index in [1.807, 2.05) is 48.5 Å². The normalized spacial score (nSPS) is 14.9. The Labute approximate surface area is 197 Å². The SMILES string of the molecule is COc1ccc(-c2n[nH]c3c2[C@H](c2cccc([N+](=O)[O-])c2)N(c2ccc(Br)cc2)C3=O)cc1. The van der Waals surface area contributed by atoms with E-state index in [0.717, 1.165) is 10.0 Å². The van der Waals surface area contributed by atoms with Crippen molar-refractivity contribution in [2.75, 3.05) is 12.0 Å². The molecule has 8 nitrogen and oxygen atoms in total. The number of non-ortho nitro benzene ring substituents is 1. The van der Waals surface area contributed by atoms with Crippen LogP contribution < -0.4 is 9.64 Å². The van der Waals surface area contributed by atoms with E-state index in [1.165, 1.54) is 12.1 Å². The van der Waals surface area contributed by atoms with Crippen LogP contribution in [0, 0.1) is 10.1 Å². The standard InChI is InChI=1S/C24H17BrN4O4/c1-33-19-11-5-14(6-12-19)21-20-22(27-26-21)24(30)28(17-9-7-16(25)8-10-17)23(20)15-3-2-4-18(13-15)29(31)32/h2-13,23H,1H3,(H,26,27)/t23-/m0/s1. The summed E-state index contributed by atoms with van der Waals surface area (Å²) in [7, 11) is 1.59. The van der Waals surface area contributed by atoms with E-state index in [-0.39, 0.29) is 11.6 Å². The summed E-state index contributed by atoms with van der Waals surface area (Å²) in [4.78, 5) is 26.2. The largest absolute Gasteiger partial charge is 0.497 e. The van der Waals surface area contributed by atoms with Crippen LogP contribution >= 0.6 is 15.9 Å². The number of benzene rings is 3. The highest BCUT2D eigenvalue weighted by Gasteiger charge is 2.43. The van der Waals surface area contributed by atoms with Crippen molar-refractivity contribution in [3.8, 4) is 17.0 Å². The molecule has 5 rings (SSSR count). The van der Waals surface area contributed by atoms with Crippen LogP contribution in [0.4, 0.5) is 11.4 Å². The lowest BCUT2D eigenvalue weighted by atomic mass is 9.95. The number of H-pyrrole nitrogens is 1. The number of anilines is 1. The maximum Gasteiger partial charge on any atom is 0.277 e. The molecule has 0 aliphatic carbocycles. The van der Waals surface area contributed by atoms with Crippen LogP contribution in [0.1, 0.15) is 27.7 Å². The summed E-state index contributed by atoms with van der Waals surface area (Å²) in [6, 6.07) is 20.5. The van der Waals surface area contributed by atoms with Gasteiger partial charge in [-0.1, -0.05) is 28.1 Å². The molecule has 1 aliphatic rings. The fourth-order valence-electron chi connectivity index (χ4n) is 4.11. The first-order valence-electron chi connectivity index (χ1n) is 10.0. The van der Waals surface area contributed by atoms with Gasteiger partial charge in [-0.05, 0) is 54.1 Å². The van der Waals surface area contributed by atoms with Gasteiger partial charge in [0.1, 0.15) is 11.4 Å². The number of fused-ring (bicyclic) bond motifs is 1. The molecule has 0 bridgehead atoms. The Hall–Kier alpha value is -3.98. The third-order valence-corrected chi connectivity index (χ3v) is 6.16. The van der Waals surface area contributed by atoms with Gasteiger partial charge in [0, 0.05) is 33.4 Å². The van der Waals surface area contributed by atoms with E-state index in [0.29, 0.717) is 34.0 Å². The number of aromatic amines is 1. The lowest BCUT2D eigenvalue weighted by Gasteiger charge is -2.26. The summed E-state index contributed by atoms with van der Waals surface area (Å²) in [6.45, 7) is 0. The highest BCUT2D eigenvalue weighted by molar-refractivity contribution is 9.10. The molecule has 1 aliphatic heterocycles. The number of hydrogen-bond acceptors (Lipinski definition) is 5. The summed E-state index contributed by atoms with van der Waals surface area (Å²) in [5.41, 5.74) is 3.69. The second-order valence-electron chi connectivity index (χ2n) is 7.50. The van der Waals surface area contributed by atoms with Gasteiger partial charge in [-0.3, -0.25) is 24.9 Å². The first-order chi connectivity index (χ1) is 16.0. The predicted octanol–water partition coefficient (Wildman–Crippen LogP) is 5.51. The molecule has 164 valence electrons. The highest BCUT2D eigenvalue weighted by Crippen LogP contribution is 2.45. The quantitative estimate of drug-likeness (QED) is 0.285. The molecular weight excluding hydrogens is 488 g/mol. The van der Waals surface area contributed by atoms with Gasteiger partial charge in [-0.15, -0.1) is 0 Å². The Balaban J connectivity index is 1.71. The van der Waals surface area contributed by atoms with Crippen molar-refractivity contribution >= 4 is 33.2 Å². The van der Waals surface area contributed by atoms with Crippen molar-refractivity contribution in [2.45, 2.75) is 6.04 Å². The Morgan fingerprint density at radius 2 is 1.82 bits per heavy atom. The number of carbonyl (C=O) groups is 1. The molecule has 1 atom stereocenters. The third kappa shape index (κ3) is 3.56. The number of aromatic nitrogens is 2. The lowest BCUT2D eigenvalue weighted by Crippen LogP contribution is -2.29. The van der Waals surface area contributed by atoms with Crippen LogP contribution in [0.5, 0.6) is 5.75 Å². The molecule has 1 aromatic heterocycles. The van der Waals surface area contributed by atoms with Crippen LogP contribution in [-0.2, 0) is 0 Å². The second-order valence-corrected chi connectivity index (χ2v) is 8.41. The van der Waals surface area contributed by atoms with Crippen LogP contribution in [-0.4, -0.2) is 28.1 Å². The fourth-order valence-corrected chi connectivity index (χ4v) is 4.37. The van der Waals surface area contributed by atoms with Crippen molar-refractivity contribution in [3.63, 3.8) is 0 Å². The summed E-state index contributed by atoms with van der Waals surface area (Å²) in [6.07, 6.45) is 0. The molecule has 0 saturated heterocycles. The Morgan fingerprint density at radius 1 is 1.09 bits per heavy atom. The zero-order chi connectivity index (χ0) is 23.1. The highest BCUT2D eigenvalue weighted by atomic mass is 79.9. The monoisotopic (exact) mass is 504 g/mol. The molecule has 0 radical (unpaired) electrons. The molecular formula is C24H17BrN4O4. The van der Waals surface area contributed by atoms with Gasteiger partial charge in [-0.25, -0.2) is 0 Å². The second kappa shape index (κ2) is 8.18. The van der Waals surface area contributed by atoms with E-state index in [2.05, 4.69) is 26.1 Å². The van der Waals surface area contributed by atoms with Gasteiger partial charge in [0.25, 0.3) is 11.6 Å². The molecule has 33 heavy (non-hydrogen) atoms. The first-order valence-corrected chi connectivity index (χ1v) is 10.8. The van der Waals surface area contributed by atoms with Crippen molar-refractivity contribution < 1.29 is 14.5 Å². The molecule has 3 aromatic carbocycles. The van der Waals surface area contributed by atoms with Crippen molar-refractivity contribution in [3.05, 3.63) is 104 Å². The topological polar surface area (TPSA) is 101 Å². The molecule has 9 heteroatoms. The number of ether oxygens (including phenoxy) is 1. The van der Waals surface area contributed by atoms with E-state index < -0.39 is 11.0 Å². The van der Waals surface area contributed by atoms with Crippen molar-refractivity contribution in [1.82, 2.24) is 10.2 Å². The number of carbonyl (C=O) groups excluding carboxylic acids is 1. The van der Waals surface area contributed by atoms with E-state index in [4.69, 9.17) is 4.74 Å². The van der Waals surface area contributed by atoms with Crippen molar-refractivity contribution in [1.29, 1.82) is 0 Å². The maximum absolute atomic E-state index is 13.5. The van der Waals surface area contributed by atoms with Gasteiger partial charge < -0.3 is 4.74 Å². The average Bonchev–Trinajstić information content (AvgIpc) is 3.39. The molecule has 0 unspecified atom stereocenters. The van der Waals surface area contributed by atoms with E-state index >= 15 is 0 Å². The molecule has 0 spiro atoms. The number of halogens is 1. The van der Waals surface area contributed by atoms with Gasteiger partial charge in [0.2, 0.25) is 0 Å².